The second kappa shape index (κ2) is 31.1. The van der Waals surface area contributed by atoms with Crippen molar-refractivity contribution in [2.24, 2.45) is 0 Å². The lowest BCUT2D eigenvalue weighted by Crippen LogP contribution is -2.10. The third kappa shape index (κ3) is 15.7. The third-order valence-corrected chi connectivity index (χ3v) is 27.1. The van der Waals surface area contributed by atoms with Crippen LogP contribution in [0.25, 0.3) is 159 Å². The average Bonchev–Trinajstić information content (AvgIpc) is 1.57. The molecule has 0 amide bonds. The van der Waals surface area contributed by atoms with E-state index in [0.717, 1.165) is 58.3 Å². The molecule has 0 aliphatic carbocycles. The van der Waals surface area contributed by atoms with Crippen molar-refractivity contribution >= 4 is 185 Å². The summed E-state index contributed by atoms with van der Waals surface area (Å²) in [5, 5.41) is 15.1. The molecule has 12 aromatic carbocycles. The van der Waals surface area contributed by atoms with Gasteiger partial charge in [-0.1, -0.05) is 222 Å². The Morgan fingerprint density at radius 3 is 0.627 bits per heavy atom. The minimum atomic E-state index is 0. The largest absolute Gasteiger partial charge is 0.355 e. The Labute approximate surface area is 772 Å². The topological polar surface area (TPSA) is 92.0 Å². The van der Waals surface area contributed by atoms with E-state index in [2.05, 4.69) is 482 Å². The van der Waals surface area contributed by atoms with Gasteiger partial charge in [0.25, 0.3) is 0 Å². The zero-order valence-corrected chi connectivity index (χ0v) is 82.1. The fraction of sp³-hybridized carbons (Fsp3) is 0.292. The number of hydrogen-bond acceptors (Lipinski definition) is 4. The molecule has 20 rings (SSSR count). The standard InChI is InChI=1S/C56H56BrN5.C52H55N3.C4H2BrIN2.CH4/c1-53(2,3)33-13-19-45-39(25-33)40-26-34(54(4,5)6)14-20-46(40)60(45)37-17-23-49-43(29-37)44-30-38(18-24-50(44)62(49)52-32-58-51(57)31-59-52)61-47-21-15-35(55(7,8)9)27-41(47)42-28-36(56(10,11)12)16-22-48(42)61;1-49(2,3)31-13-21-45-39(25-31)40-26-32(50(4,5)6)14-22-46(40)54(45)35-17-19-43-37(29-35)38-30-36(18-20-44(38)53-43)55-47-23-15-33(51(7,8)9)27-41(47)42-28-34(52(10,11)12)16-24-48(42)55;5-3-1-8-4(6)2-7-3;/h13-32H,1-12H3;13-30,53H,1-12H3;1-2H;1H4. The predicted octanol–water partition coefficient (Wildman–Crippen LogP) is 32.9. The Morgan fingerprint density at radius 1 is 0.222 bits per heavy atom. The Hall–Kier alpha value is -10.7. The van der Waals surface area contributed by atoms with Crippen LogP contribution >= 0.6 is 54.5 Å². The molecule has 0 atom stereocenters. The highest BCUT2D eigenvalue weighted by Gasteiger charge is 2.29. The molecule has 0 aliphatic rings. The number of nitrogens with one attached hydrogen (secondary N) is 1. The van der Waals surface area contributed by atoms with Crippen molar-refractivity contribution in [2.75, 3.05) is 0 Å². The number of nitrogens with zero attached hydrogens (tertiary/aromatic N) is 9. The van der Waals surface area contributed by atoms with Gasteiger partial charge in [-0.2, -0.15) is 0 Å². The van der Waals surface area contributed by atoms with E-state index >= 15 is 0 Å². The van der Waals surface area contributed by atoms with Gasteiger partial charge < -0.3 is 23.3 Å². The number of aromatic nitrogens is 10. The molecule has 8 aromatic heterocycles. The smallest absolute Gasteiger partial charge is 0.156 e. The van der Waals surface area contributed by atoms with Crippen LogP contribution in [0.4, 0.5) is 0 Å². The lowest BCUT2D eigenvalue weighted by molar-refractivity contribution is 0.590. The van der Waals surface area contributed by atoms with Gasteiger partial charge in [0.2, 0.25) is 0 Å². The second-order valence-electron chi connectivity index (χ2n) is 42.9. The van der Waals surface area contributed by atoms with Crippen molar-refractivity contribution in [3.05, 3.63) is 301 Å². The summed E-state index contributed by atoms with van der Waals surface area (Å²) in [4.78, 5) is 21.1. The van der Waals surface area contributed by atoms with E-state index in [0.29, 0.717) is 4.60 Å². The zero-order valence-electron chi connectivity index (χ0n) is 76.8. The molecule has 0 radical (unpaired) electrons. The maximum Gasteiger partial charge on any atom is 0.156 e. The number of aromatic amines is 1. The number of halogens is 3. The Kier molecular flexibility index (Phi) is 21.5. The van der Waals surface area contributed by atoms with Gasteiger partial charge >= 0.3 is 0 Å². The molecule has 126 heavy (non-hydrogen) atoms. The molecule has 0 unspecified atom stereocenters. The monoisotopic (exact) mass is 1900 g/mol. The Balaban J connectivity index is 0.000000163. The van der Waals surface area contributed by atoms with Gasteiger partial charge in [-0.05, 0) is 312 Å². The van der Waals surface area contributed by atoms with Crippen LogP contribution in [-0.4, -0.2) is 47.8 Å². The summed E-state index contributed by atoms with van der Waals surface area (Å²) in [6.07, 6.45) is 7.00. The van der Waals surface area contributed by atoms with E-state index in [1.165, 1.54) is 154 Å². The van der Waals surface area contributed by atoms with Crippen LogP contribution in [-0.2, 0) is 43.3 Å². The summed E-state index contributed by atoms with van der Waals surface area (Å²) in [7, 11) is 0. The highest BCUT2D eigenvalue weighted by Crippen LogP contribution is 2.47. The first-order valence-electron chi connectivity index (χ1n) is 43.9. The molecule has 10 nitrogen and oxygen atoms in total. The molecule has 0 saturated carbocycles. The van der Waals surface area contributed by atoms with Crippen molar-refractivity contribution in [1.29, 1.82) is 0 Å². The molecule has 0 bridgehead atoms. The molecule has 0 saturated heterocycles. The molecule has 8 heterocycles. The normalized spacial score (nSPS) is 13.0. The van der Waals surface area contributed by atoms with Gasteiger partial charge in [-0.3, -0.25) is 4.57 Å². The van der Waals surface area contributed by atoms with Gasteiger partial charge in [-0.25, -0.2) is 19.9 Å². The van der Waals surface area contributed by atoms with Crippen molar-refractivity contribution in [3.63, 3.8) is 0 Å². The van der Waals surface area contributed by atoms with Crippen molar-refractivity contribution in [2.45, 2.75) is 217 Å². The first-order valence-corrected chi connectivity index (χ1v) is 46.5. The minimum absolute atomic E-state index is 0. The maximum absolute atomic E-state index is 4.88. The summed E-state index contributed by atoms with van der Waals surface area (Å²) in [5.41, 5.74) is 29.9. The predicted molar refractivity (Wildman–Crippen MR) is 556 cm³/mol. The summed E-state index contributed by atoms with van der Waals surface area (Å²) in [5.74, 6) is 0.774. The van der Waals surface area contributed by atoms with Gasteiger partial charge in [0.1, 0.15) is 12.9 Å². The summed E-state index contributed by atoms with van der Waals surface area (Å²) in [6.45, 7) is 55.2. The first-order chi connectivity index (χ1) is 58.7. The molecule has 20 aromatic rings. The van der Waals surface area contributed by atoms with E-state index in [-0.39, 0.29) is 50.7 Å². The van der Waals surface area contributed by atoms with Crippen LogP contribution < -0.4 is 0 Å². The Morgan fingerprint density at radius 2 is 0.421 bits per heavy atom. The second-order valence-corrected chi connectivity index (χ2v) is 45.6. The van der Waals surface area contributed by atoms with Crippen LogP contribution in [0.5, 0.6) is 0 Å². The third-order valence-electron chi connectivity index (χ3n) is 25.7. The molecular weight excluding hydrogens is 1780 g/mol. The first kappa shape index (κ1) is 87.4. The number of benzene rings is 12. The summed E-state index contributed by atoms with van der Waals surface area (Å²) in [6, 6.07) is 84.3. The zero-order chi connectivity index (χ0) is 88.8. The number of rotatable bonds is 5. The van der Waals surface area contributed by atoms with Crippen LogP contribution in [0.3, 0.4) is 0 Å². The highest BCUT2D eigenvalue weighted by atomic mass is 127. The van der Waals surface area contributed by atoms with E-state index in [9.17, 15) is 0 Å². The van der Waals surface area contributed by atoms with Crippen LogP contribution in [0.1, 0.15) is 218 Å². The number of fused-ring (bicyclic) bond motifs is 18. The van der Waals surface area contributed by atoms with Crippen LogP contribution in [0.15, 0.2) is 252 Å². The van der Waals surface area contributed by atoms with Gasteiger partial charge in [-0.15, -0.1) is 0 Å². The van der Waals surface area contributed by atoms with Crippen LogP contribution in [0, 0.1) is 3.70 Å². The fourth-order valence-electron chi connectivity index (χ4n) is 18.3. The molecule has 640 valence electrons. The van der Waals surface area contributed by atoms with E-state index in [4.69, 9.17) is 4.98 Å². The molecule has 0 aliphatic heterocycles. The SMILES string of the molecule is Brc1cnc(I)cn1.C.CC(C)(C)c1ccc2c(c1)c1cc(C(C)(C)C)ccc1n2-c1ccc2[nH]c3ccc(-n4c5ccc(C(C)(C)C)cc5c5cc(C(C)(C)C)ccc54)cc3c2c1.CC(C)(C)c1ccc2c(c1)c1cc(C(C)(C)C)ccc1n2-c1ccc2c(c1)c1cc(-n3c4ccc(C(C)(C)C)cc4c4cc(C(C)(C)C)ccc43)ccc1n2-c1cnc(Br)cn1. The highest BCUT2D eigenvalue weighted by molar-refractivity contribution is 14.1. The summed E-state index contributed by atoms with van der Waals surface area (Å²) < 4.78 is 14.5. The minimum Gasteiger partial charge on any atom is -0.355 e. The molecular formula is C113H117Br2IN10. The molecule has 13 heteroatoms. The Bertz CT molecular complexity index is 7030. The van der Waals surface area contributed by atoms with Crippen molar-refractivity contribution in [3.8, 4) is 28.6 Å². The van der Waals surface area contributed by atoms with Gasteiger partial charge in [0.15, 0.2) is 5.82 Å². The molecule has 0 spiro atoms. The van der Waals surface area contributed by atoms with E-state index in [1.807, 2.05) is 6.20 Å². The van der Waals surface area contributed by atoms with E-state index < -0.39 is 0 Å². The fourth-order valence-corrected chi connectivity index (χ4v) is 19.0. The number of hydrogen-bond donors (Lipinski definition) is 1. The van der Waals surface area contributed by atoms with Gasteiger partial charge in [0, 0.05) is 98.4 Å². The average molecular weight is 1900 g/mol. The van der Waals surface area contributed by atoms with Crippen LogP contribution in [0.2, 0.25) is 0 Å². The van der Waals surface area contributed by atoms with Crippen molar-refractivity contribution in [1.82, 2.24) is 47.8 Å². The van der Waals surface area contributed by atoms with Crippen molar-refractivity contribution < 1.29 is 0 Å². The number of H-pyrrole nitrogens is 1. The lowest BCUT2D eigenvalue weighted by Gasteiger charge is -2.19. The maximum atomic E-state index is 4.88. The van der Waals surface area contributed by atoms with Gasteiger partial charge in [0.05, 0.1) is 80.0 Å². The molecule has 0 fully saturated rings. The summed E-state index contributed by atoms with van der Waals surface area (Å²) >= 11 is 8.79. The lowest BCUT2D eigenvalue weighted by atomic mass is 9.85. The molecule has 1 N–H and O–H groups in total. The van der Waals surface area contributed by atoms with E-state index in [1.54, 1.807) is 18.6 Å². The quantitative estimate of drug-likeness (QED) is 0.174.